The van der Waals surface area contributed by atoms with Gasteiger partial charge in [-0.1, -0.05) is 29.6 Å². The molecule has 0 unspecified atom stereocenters. The standard InChI is InChI=1S/C26H25Cl2N3O3/c1-34-19-8-5-17(6-9-19)25-20(16-32)24-23(31(25)22-10-7-18(27)15-21(22)28)11-14-30(26(24)33)29-12-3-2-4-13-29/h5-10,15-16H,2-4,11-14H2,1H3. The number of amides is 1. The summed E-state index contributed by atoms with van der Waals surface area (Å²) in [4.78, 5) is 26.3. The fourth-order valence-corrected chi connectivity index (χ4v) is 5.52. The van der Waals surface area contributed by atoms with E-state index < -0.39 is 0 Å². The van der Waals surface area contributed by atoms with Crippen LogP contribution in [0.15, 0.2) is 42.5 Å². The van der Waals surface area contributed by atoms with Crippen molar-refractivity contribution in [1.82, 2.24) is 14.6 Å². The number of hydrazine groups is 1. The molecule has 2 aliphatic rings. The molecule has 3 aromatic rings. The van der Waals surface area contributed by atoms with Crippen molar-refractivity contribution in [3.8, 4) is 22.7 Å². The van der Waals surface area contributed by atoms with E-state index in [0.29, 0.717) is 51.3 Å². The number of piperidine rings is 1. The largest absolute Gasteiger partial charge is 0.497 e. The van der Waals surface area contributed by atoms with Gasteiger partial charge in [0.2, 0.25) is 0 Å². The van der Waals surface area contributed by atoms with Gasteiger partial charge >= 0.3 is 0 Å². The van der Waals surface area contributed by atoms with Crippen molar-refractivity contribution in [2.24, 2.45) is 0 Å². The summed E-state index contributed by atoms with van der Waals surface area (Å²) in [5.41, 5.74) is 3.72. The zero-order chi connectivity index (χ0) is 23.8. The minimum Gasteiger partial charge on any atom is -0.497 e. The number of carbonyl (C=O) groups excluding carboxylic acids is 2. The molecule has 2 aliphatic heterocycles. The zero-order valence-electron chi connectivity index (χ0n) is 18.9. The second-order valence-corrected chi connectivity index (χ2v) is 9.40. The van der Waals surface area contributed by atoms with Crippen molar-refractivity contribution in [3.05, 3.63) is 69.3 Å². The third kappa shape index (κ3) is 3.90. The molecular weight excluding hydrogens is 473 g/mol. The van der Waals surface area contributed by atoms with Crippen molar-refractivity contribution in [1.29, 1.82) is 0 Å². The first-order valence-electron chi connectivity index (χ1n) is 11.4. The van der Waals surface area contributed by atoms with Gasteiger partial charge in [0, 0.05) is 36.8 Å². The van der Waals surface area contributed by atoms with Gasteiger partial charge in [0.15, 0.2) is 6.29 Å². The van der Waals surface area contributed by atoms with Gasteiger partial charge in [-0.2, -0.15) is 0 Å². The van der Waals surface area contributed by atoms with E-state index in [1.165, 1.54) is 6.42 Å². The van der Waals surface area contributed by atoms with Gasteiger partial charge in [-0.15, -0.1) is 0 Å². The van der Waals surface area contributed by atoms with E-state index in [9.17, 15) is 9.59 Å². The summed E-state index contributed by atoms with van der Waals surface area (Å²) in [5.74, 6) is 0.569. The number of hydrogen-bond acceptors (Lipinski definition) is 4. The molecule has 0 radical (unpaired) electrons. The third-order valence-corrected chi connectivity index (χ3v) is 7.16. The van der Waals surface area contributed by atoms with E-state index >= 15 is 0 Å². The zero-order valence-corrected chi connectivity index (χ0v) is 20.4. The van der Waals surface area contributed by atoms with Gasteiger partial charge in [-0.25, -0.2) is 5.01 Å². The molecule has 0 saturated carbocycles. The fourth-order valence-electron chi connectivity index (χ4n) is 5.02. The molecule has 1 fully saturated rings. The van der Waals surface area contributed by atoms with Crippen LogP contribution in [-0.4, -0.2) is 53.5 Å². The second kappa shape index (κ2) is 9.45. The third-order valence-electron chi connectivity index (χ3n) is 6.62. The first kappa shape index (κ1) is 23.0. The maximum atomic E-state index is 13.8. The average molecular weight is 498 g/mol. The van der Waals surface area contributed by atoms with Crippen LogP contribution in [-0.2, 0) is 6.42 Å². The number of ether oxygens (including phenoxy) is 1. The lowest BCUT2D eigenvalue weighted by Gasteiger charge is -2.39. The predicted octanol–water partition coefficient (Wildman–Crippen LogP) is 5.67. The highest BCUT2D eigenvalue weighted by molar-refractivity contribution is 6.35. The lowest BCUT2D eigenvalue weighted by Crippen LogP contribution is -2.51. The van der Waals surface area contributed by atoms with Crippen molar-refractivity contribution < 1.29 is 14.3 Å². The summed E-state index contributed by atoms with van der Waals surface area (Å²) in [7, 11) is 1.61. The Balaban J connectivity index is 1.73. The molecule has 3 heterocycles. The van der Waals surface area contributed by atoms with E-state index in [2.05, 4.69) is 5.01 Å². The van der Waals surface area contributed by atoms with Crippen LogP contribution in [0.1, 0.15) is 45.7 Å². The smallest absolute Gasteiger partial charge is 0.270 e. The Bertz CT molecular complexity index is 1250. The normalized spacial score (nSPS) is 16.4. The number of benzene rings is 2. The number of fused-ring (bicyclic) bond motifs is 1. The Morgan fingerprint density at radius 1 is 0.971 bits per heavy atom. The van der Waals surface area contributed by atoms with Crippen molar-refractivity contribution >= 4 is 35.4 Å². The van der Waals surface area contributed by atoms with Crippen LogP contribution in [0.4, 0.5) is 0 Å². The molecule has 1 saturated heterocycles. The average Bonchev–Trinajstić information content (AvgIpc) is 3.20. The number of methoxy groups -OCH3 is 1. The molecule has 1 aromatic heterocycles. The highest BCUT2D eigenvalue weighted by Gasteiger charge is 2.37. The van der Waals surface area contributed by atoms with E-state index in [0.717, 1.165) is 43.5 Å². The monoisotopic (exact) mass is 497 g/mol. The SMILES string of the molecule is COc1ccc(-c2c(C=O)c3c(n2-c2ccc(Cl)cc2Cl)CCN(N2CCCCC2)C3=O)cc1. The number of aldehydes is 1. The van der Waals surface area contributed by atoms with Crippen LogP contribution in [0.5, 0.6) is 5.75 Å². The first-order valence-corrected chi connectivity index (χ1v) is 12.2. The molecule has 0 spiro atoms. The number of aromatic nitrogens is 1. The molecule has 0 aliphatic carbocycles. The van der Waals surface area contributed by atoms with Gasteiger partial charge < -0.3 is 9.30 Å². The Hall–Kier alpha value is -2.80. The lowest BCUT2D eigenvalue weighted by atomic mass is 10.0. The molecule has 2 aromatic carbocycles. The highest BCUT2D eigenvalue weighted by Crippen LogP contribution is 2.40. The molecule has 176 valence electrons. The number of nitrogens with zero attached hydrogens (tertiary/aromatic N) is 3. The van der Waals surface area contributed by atoms with Crippen molar-refractivity contribution in [3.63, 3.8) is 0 Å². The molecule has 1 amide bonds. The number of rotatable bonds is 5. The van der Waals surface area contributed by atoms with Gasteiger partial charge in [0.05, 0.1) is 34.6 Å². The molecule has 0 N–H and O–H groups in total. The van der Waals surface area contributed by atoms with Gasteiger partial charge in [0.1, 0.15) is 5.75 Å². The Labute approximate surface area is 208 Å². The quantitative estimate of drug-likeness (QED) is 0.426. The van der Waals surface area contributed by atoms with E-state index in [-0.39, 0.29) is 5.91 Å². The van der Waals surface area contributed by atoms with Crippen LogP contribution in [0.3, 0.4) is 0 Å². The molecule has 34 heavy (non-hydrogen) atoms. The number of carbonyl (C=O) groups is 2. The molecule has 0 bridgehead atoms. The van der Waals surface area contributed by atoms with Crippen LogP contribution < -0.4 is 4.74 Å². The molecule has 6 nitrogen and oxygen atoms in total. The minimum atomic E-state index is -0.135. The Kier molecular flexibility index (Phi) is 6.38. The van der Waals surface area contributed by atoms with E-state index in [1.807, 2.05) is 39.9 Å². The summed E-state index contributed by atoms with van der Waals surface area (Å²) in [5, 5.41) is 4.91. The molecule has 0 atom stereocenters. The lowest BCUT2D eigenvalue weighted by molar-refractivity contribution is -0.0237. The molecule has 8 heteroatoms. The van der Waals surface area contributed by atoms with Crippen LogP contribution >= 0.6 is 23.2 Å². The van der Waals surface area contributed by atoms with Crippen molar-refractivity contribution in [2.75, 3.05) is 26.7 Å². The Morgan fingerprint density at radius 2 is 1.71 bits per heavy atom. The van der Waals surface area contributed by atoms with Crippen LogP contribution in [0.25, 0.3) is 16.9 Å². The summed E-state index contributed by atoms with van der Waals surface area (Å²) in [6.45, 7) is 2.26. The molecular formula is C26H25Cl2N3O3. The molecule has 5 rings (SSSR count). The number of hydrogen-bond donors (Lipinski definition) is 0. The first-order chi connectivity index (χ1) is 16.5. The second-order valence-electron chi connectivity index (χ2n) is 8.55. The van der Waals surface area contributed by atoms with Crippen LogP contribution in [0.2, 0.25) is 10.0 Å². The summed E-state index contributed by atoms with van der Waals surface area (Å²) < 4.78 is 7.26. The fraction of sp³-hybridized carbons (Fsp3) is 0.308. The maximum absolute atomic E-state index is 13.8. The van der Waals surface area contributed by atoms with E-state index in [1.54, 1.807) is 19.2 Å². The minimum absolute atomic E-state index is 0.135. The summed E-state index contributed by atoms with van der Waals surface area (Å²) in [6.07, 6.45) is 4.70. The predicted molar refractivity (Wildman–Crippen MR) is 133 cm³/mol. The maximum Gasteiger partial charge on any atom is 0.270 e. The summed E-state index contributed by atoms with van der Waals surface area (Å²) >= 11 is 12.8. The highest BCUT2D eigenvalue weighted by atomic mass is 35.5. The van der Waals surface area contributed by atoms with E-state index in [4.69, 9.17) is 27.9 Å². The summed E-state index contributed by atoms with van der Waals surface area (Å²) in [6, 6.07) is 12.7. The topological polar surface area (TPSA) is 54.8 Å². The van der Waals surface area contributed by atoms with Gasteiger partial charge in [0.25, 0.3) is 5.91 Å². The number of halogens is 2. The Morgan fingerprint density at radius 3 is 2.35 bits per heavy atom. The van der Waals surface area contributed by atoms with Crippen LogP contribution in [0, 0.1) is 0 Å². The van der Waals surface area contributed by atoms with Gasteiger partial charge in [-0.3, -0.25) is 14.6 Å². The van der Waals surface area contributed by atoms with Gasteiger partial charge in [-0.05, 0) is 60.9 Å². The van der Waals surface area contributed by atoms with Crippen molar-refractivity contribution in [2.45, 2.75) is 25.7 Å².